The molecular formula is C20H43O4P. The van der Waals surface area contributed by atoms with Crippen molar-refractivity contribution in [3.05, 3.63) is 0 Å². The third kappa shape index (κ3) is 9.04. The minimum absolute atomic E-state index is 0.559. The zero-order valence-electron chi connectivity index (χ0n) is 17.6. The highest BCUT2D eigenvalue weighted by Gasteiger charge is 2.42. The van der Waals surface area contributed by atoms with Gasteiger partial charge in [0.2, 0.25) is 0 Å². The predicted octanol–water partition coefficient (Wildman–Crippen LogP) is 7.40. The fraction of sp³-hybridized carbons (Fsp3) is 1.00. The zero-order chi connectivity index (χ0) is 19.4. The normalized spacial score (nSPS) is 13.4. The average Bonchev–Trinajstić information content (AvgIpc) is 2.60. The van der Waals surface area contributed by atoms with Gasteiger partial charge in [-0.2, -0.15) is 0 Å². The minimum Gasteiger partial charge on any atom is -0.302 e. The third-order valence-corrected chi connectivity index (χ3v) is 6.90. The van der Waals surface area contributed by atoms with E-state index in [1.54, 1.807) is 0 Å². The van der Waals surface area contributed by atoms with Gasteiger partial charge in [-0.1, -0.05) is 80.1 Å². The summed E-state index contributed by atoms with van der Waals surface area (Å²) in [5.41, 5.74) is -1.12. The van der Waals surface area contributed by atoms with Crippen LogP contribution >= 0.6 is 7.82 Å². The van der Waals surface area contributed by atoms with Gasteiger partial charge in [0.05, 0.1) is 11.2 Å². The molecule has 0 saturated heterocycles. The minimum atomic E-state index is -4.10. The van der Waals surface area contributed by atoms with E-state index < -0.39 is 19.0 Å². The molecule has 0 aliphatic carbocycles. The number of hydrogen-bond donors (Lipinski definition) is 1. The monoisotopic (exact) mass is 378 g/mol. The first-order chi connectivity index (χ1) is 11.8. The SMILES string of the molecule is CCCCCC(CC)(CC)OP(=O)(O)OC(CC)(CC)CCCCC. The second-order valence-corrected chi connectivity index (χ2v) is 8.65. The molecular weight excluding hydrogens is 335 g/mol. The van der Waals surface area contributed by atoms with Crippen LogP contribution in [0.25, 0.3) is 0 Å². The molecule has 0 aliphatic rings. The molecule has 0 bridgehead atoms. The van der Waals surface area contributed by atoms with Crippen molar-refractivity contribution in [1.82, 2.24) is 0 Å². The molecule has 0 aromatic heterocycles. The molecule has 5 heteroatoms. The van der Waals surface area contributed by atoms with Gasteiger partial charge in [-0.3, -0.25) is 9.05 Å². The number of hydrogen-bond acceptors (Lipinski definition) is 3. The van der Waals surface area contributed by atoms with E-state index in [1.807, 2.05) is 27.7 Å². The van der Waals surface area contributed by atoms with E-state index in [9.17, 15) is 9.46 Å². The fourth-order valence-electron chi connectivity index (χ4n) is 3.46. The summed E-state index contributed by atoms with van der Waals surface area (Å²) in [5, 5.41) is 0. The molecule has 1 N–H and O–H groups in total. The first kappa shape index (κ1) is 25.1. The van der Waals surface area contributed by atoms with Crippen molar-refractivity contribution in [2.24, 2.45) is 0 Å². The van der Waals surface area contributed by atoms with Crippen molar-refractivity contribution in [1.29, 1.82) is 0 Å². The van der Waals surface area contributed by atoms with Gasteiger partial charge >= 0.3 is 7.82 Å². The topological polar surface area (TPSA) is 55.8 Å². The number of phosphoric acid groups is 1. The molecule has 152 valence electrons. The lowest BCUT2D eigenvalue weighted by Crippen LogP contribution is -2.34. The molecule has 0 radical (unpaired) electrons. The molecule has 25 heavy (non-hydrogen) atoms. The van der Waals surface area contributed by atoms with Crippen LogP contribution in [0.4, 0.5) is 0 Å². The van der Waals surface area contributed by atoms with Gasteiger partial charge in [-0.25, -0.2) is 4.57 Å². The molecule has 0 atom stereocenters. The zero-order valence-corrected chi connectivity index (χ0v) is 18.5. The Morgan fingerprint density at radius 2 is 1.00 bits per heavy atom. The molecule has 0 saturated carbocycles. The van der Waals surface area contributed by atoms with Crippen LogP contribution in [-0.4, -0.2) is 16.1 Å². The highest BCUT2D eigenvalue weighted by Crippen LogP contribution is 2.55. The van der Waals surface area contributed by atoms with Crippen LogP contribution in [0.1, 0.15) is 119 Å². The summed E-state index contributed by atoms with van der Waals surface area (Å²) in [6, 6.07) is 0. The van der Waals surface area contributed by atoms with Crippen molar-refractivity contribution in [3.63, 3.8) is 0 Å². The van der Waals surface area contributed by atoms with Crippen LogP contribution < -0.4 is 0 Å². The van der Waals surface area contributed by atoms with Crippen molar-refractivity contribution < 1.29 is 18.5 Å². The highest BCUT2D eigenvalue weighted by atomic mass is 31.2. The fourth-order valence-corrected chi connectivity index (χ4v) is 5.17. The van der Waals surface area contributed by atoms with Crippen LogP contribution in [0, 0.1) is 0 Å². The van der Waals surface area contributed by atoms with Crippen molar-refractivity contribution in [3.8, 4) is 0 Å². The third-order valence-electron chi connectivity index (χ3n) is 5.67. The largest absolute Gasteiger partial charge is 0.473 e. The molecule has 0 aromatic carbocycles. The van der Waals surface area contributed by atoms with Crippen LogP contribution in [-0.2, 0) is 13.6 Å². The van der Waals surface area contributed by atoms with E-state index in [4.69, 9.17) is 9.05 Å². The van der Waals surface area contributed by atoms with Gasteiger partial charge in [0.15, 0.2) is 0 Å². The Morgan fingerprint density at radius 1 is 0.680 bits per heavy atom. The lowest BCUT2D eigenvalue weighted by molar-refractivity contribution is -0.0397. The smallest absolute Gasteiger partial charge is 0.302 e. The summed E-state index contributed by atoms with van der Waals surface area (Å²) in [6.45, 7) is 12.4. The van der Waals surface area contributed by atoms with E-state index in [0.29, 0.717) is 0 Å². The molecule has 0 fully saturated rings. The van der Waals surface area contributed by atoms with Crippen molar-refractivity contribution in [2.45, 2.75) is 130 Å². The molecule has 4 nitrogen and oxygen atoms in total. The summed E-state index contributed by atoms with van der Waals surface area (Å²) < 4.78 is 24.5. The van der Waals surface area contributed by atoms with E-state index in [-0.39, 0.29) is 0 Å². The van der Waals surface area contributed by atoms with Crippen LogP contribution in [0.15, 0.2) is 0 Å². The molecule has 0 spiro atoms. The van der Waals surface area contributed by atoms with Gasteiger partial charge in [-0.15, -0.1) is 0 Å². The van der Waals surface area contributed by atoms with E-state index in [0.717, 1.165) is 77.0 Å². The summed E-state index contributed by atoms with van der Waals surface area (Å²) in [5.74, 6) is 0. The summed E-state index contributed by atoms with van der Waals surface area (Å²) >= 11 is 0. The number of phosphoric ester groups is 1. The number of unbranched alkanes of at least 4 members (excludes halogenated alkanes) is 4. The highest BCUT2D eigenvalue weighted by molar-refractivity contribution is 7.47. The van der Waals surface area contributed by atoms with Crippen LogP contribution in [0.5, 0.6) is 0 Å². The molecule has 0 rings (SSSR count). The Bertz CT molecular complexity index is 344. The van der Waals surface area contributed by atoms with E-state index in [1.165, 1.54) is 0 Å². The molecule has 0 amide bonds. The van der Waals surface area contributed by atoms with E-state index in [2.05, 4.69) is 13.8 Å². The van der Waals surface area contributed by atoms with Gasteiger partial charge in [0, 0.05) is 0 Å². The quantitative estimate of drug-likeness (QED) is 0.224. The van der Waals surface area contributed by atoms with E-state index >= 15 is 0 Å². The first-order valence-corrected chi connectivity index (χ1v) is 12.0. The summed E-state index contributed by atoms with van der Waals surface area (Å²) in [6.07, 6.45) is 11.0. The first-order valence-electron chi connectivity index (χ1n) is 10.5. The van der Waals surface area contributed by atoms with Gasteiger partial charge < -0.3 is 4.89 Å². The van der Waals surface area contributed by atoms with Crippen LogP contribution in [0.3, 0.4) is 0 Å². The number of rotatable bonds is 16. The maximum Gasteiger partial charge on any atom is 0.473 e. The van der Waals surface area contributed by atoms with Crippen molar-refractivity contribution >= 4 is 7.82 Å². The molecule has 0 aromatic rings. The van der Waals surface area contributed by atoms with Gasteiger partial charge in [0.1, 0.15) is 0 Å². The standard InChI is InChI=1S/C20H43O4P/c1-7-13-15-17-19(9-3,10-4)23-25(21,22)24-20(11-5,12-6)18-16-14-8-2/h7-18H2,1-6H3,(H,21,22). The second-order valence-electron chi connectivity index (χ2n) is 7.35. The van der Waals surface area contributed by atoms with Crippen molar-refractivity contribution in [2.75, 3.05) is 0 Å². The Balaban J connectivity index is 5.11. The second kappa shape index (κ2) is 12.5. The Kier molecular flexibility index (Phi) is 12.5. The maximum atomic E-state index is 12.9. The Hall–Kier alpha value is 0.110. The Labute approximate surface area is 156 Å². The van der Waals surface area contributed by atoms with Gasteiger partial charge in [-0.05, 0) is 38.5 Å². The average molecular weight is 379 g/mol. The predicted molar refractivity (Wildman–Crippen MR) is 107 cm³/mol. The lowest BCUT2D eigenvalue weighted by Gasteiger charge is -2.38. The Morgan fingerprint density at radius 3 is 1.24 bits per heavy atom. The summed E-state index contributed by atoms with van der Waals surface area (Å²) in [7, 11) is -4.10. The molecule has 0 heterocycles. The van der Waals surface area contributed by atoms with Gasteiger partial charge in [0.25, 0.3) is 0 Å². The maximum absolute atomic E-state index is 12.9. The lowest BCUT2D eigenvalue weighted by atomic mass is 9.91. The molecule has 0 aliphatic heterocycles. The molecule has 0 unspecified atom stereocenters. The summed E-state index contributed by atoms with van der Waals surface area (Å²) in [4.78, 5) is 10.5. The van der Waals surface area contributed by atoms with Crippen LogP contribution in [0.2, 0.25) is 0 Å².